The van der Waals surface area contributed by atoms with Gasteiger partial charge in [0.05, 0.1) is 0 Å². The largest absolute Gasteiger partial charge is 0.340 e. The lowest BCUT2D eigenvalue weighted by Crippen LogP contribution is -2.69. The second-order valence-electron chi connectivity index (χ2n) is 5.22. The first-order valence-corrected chi connectivity index (χ1v) is 6.24. The zero-order valence-electron chi connectivity index (χ0n) is 10.5. The predicted molar refractivity (Wildman–Crippen MR) is 65.3 cm³/mol. The third-order valence-corrected chi connectivity index (χ3v) is 3.90. The molecule has 2 unspecified atom stereocenters. The molecule has 1 saturated heterocycles. The molecule has 2 fully saturated rings. The Labute approximate surface area is 102 Å². The summed E-state index contributed by atoms with van der Waals surface area (Å²) in [6, 6.07) is -0.366. The van der Waals surface area contributed by atoms with Gasteiger partial charge in [-0.25, -0.2) is 0 Å². The van der Waals surface area contributed by atoms with Crippen molar-refractivity contribution in [1.82, 2.24) is 10.2 Å². The lowest BCUT2D eigenvalue weighted by molar-refractivity contribution is -0.154. The van der Waals surface area contributed by atoms with Crippen molar-refractivity contribution in [2.45, 2.75) is 44.7 Å². The molecule has 2 amide bonds. The number of piperazine rings is 1. The van der Waals surface area contributed by atoms with E-state index < -0.39 is 5.54 Å². The highest BCUT2D eigenvalue weighted by Gasteiger charge is 2.54. The molecule has 94 valence electrons. The van der Waals surface area contributed by atoms with Gasteiger partial charge in [-0.2, -0.15) is 0 Å². The van der Waals surface area contributed by atoms with Crippen LogP contribution in [0.3, 0.4) is 0 Å². The van der Waals surface area contributed by atoms with Crippen LogP contribution in [0.25, 0.3) is 0 Å². The van der Waals surface area contributed by atoms with Gasteiger partial charge in [0.2, 0.25) is 11.8 Å². The van der Waals surface area contributed by atoms with E-state index in [9.17, 15) is 9.59 Å². The molecule has 4 nitrogen and oxygen atoms in total. The minimum atomic E-state index is -0.676. The van der Waals surface area contributed by atoms with Gasteiger partial charge in [0.15, 0.2) is 0 Å². The first-order chi connectivity index (χ1) is 8.00. The summed E-state index contributed by atoms with van der Waals surface area (Å²) in [6.07, 6.45) is 4.57. The maximum Gasteiger partial charge on any atom is 0.249 e. The van der Waals surface area contributed by atoms with E-state index in [-0.39, 0.29) is 17.9 Å². The molecule has 4 heteroatoms. The summed E-state index contributed by atoms with van der Waals surface area (Å²) in [7, 11) is 0. The average Bonchev–Trinajstić information content (AvgIpc) is 3.11. The van der Waals surface area contributed by atoms with Crippen LogP contribution in [0, 0.1) is 5.92 Å². The zero-order chi connectivity index (χ0) is 12.6. The minimum absolute atomic E-state index is 0.0388. The van der Waals surface area contributed by atoms with Crippen LogP contribution in [-0.2, 0) is 9.59 Å². The maximum atomic E-state index is 12.5. The fourth-order valence-electron chi connectivity index (χ4n) is 2.49. The Balaban J connectivity index is 2.20. The van der Waals surface area contributed by atoms with E-state index in [0.717, 1.165) is 19.3 Å². The smallest absolute Gasteiger partial charge is 0.249 e. The highest BCUT2D eigenvalue weighted by Crippen LogP contribution is 2.42. The van der Waals surface area contributed by atoms with Crippen LogP contribution in [-0.4, -0.2) is 34.8 Å². The molecule has 1 aliphatic carbocycles. The summed E-state index contributed by atoms with van der Waals surface area (Å²) in [6.45, 7) is 7.88. The molecule has 1 heterocycles. The van der Waals surface area contributed by atoms with Crippen molar-refractivity contribution in [2.24, 2.45) is 5.92 Å². The quantitative estimate of drug-likeness (QED) is 0.742. The summed E-state index contributed by atoms with van der Waals surface area (Å²) in [5.41, 5.74) is -0.676. The van der Waals surface area contributed by atoms with Crippen LogP contribution in [0.1, 0.15) is 33.1 Å². The Hall–Kier alpha value is -1.32. The third-order valence-electron chi connectivity index (χ3n) is 3.90. The van der Waals surface area contributed by atoms with E-state index in [1.165, 1.54) is 0 Å². The van der Waals surface area contributed by atoms with Gasteiger partial charge >= 0.3 is 0 Å². The summed E-state index contributed by atoms with van der Waals surface area (Å²) < 4.78 is 0. The van der Waals surface area contributed by atoms with Crippen molar-refractivity contribution in [3.63, 3.8) is 0 Å². The van der Waals surface area contributed by atoms with Gasteiger partial charge in [0.25, 0.3) is 0 Å². The molecule has 0 aromatic rings. The molecule has 2 aliphatic rings. The Kier molecular flexibility index (Phi) is 2.98. The van der Waals surface area contributed by atoms with Gasteiger partial charge in [-0.3, -0.25) is 9.59 Å². The molecular formula is C13H20N2O2. The van der Waals surface area contributed by atoms with E-state index in [4.69, 9.17) is 0 Å². The predicted octanol–water partition coefficient (Wildman–Crippen LogP) is 1.08. The molecule has 17 heavy (non-hydrogen) atoms. The van der Waals surface area contributed by atoms with Crippen molar-refractivity contribution >= 4 is 11.8 Å². The van der Waals surface area contributed by atoms with Crippen LogP contribution < -0.4 is 5.32 Å². The van der Waals surface area contributed by atoms with E-state index in [2.05, 4.69) is 11.9 Å². The number of hydrogen-bond donors (Lipinski definition) is 1. The highest BCUT2D eigenvalue weighted by atomic mass is 16.2. The van der Waals surface area contributed by atoms with Crippen LogP contribution in [0.15, 0.2) is 12.7 Å². The molecular weight excluding hydrogens is 216 g/mol. The van der Waals surface area contributed by atoms with Gasteiger partial charge in [-0.15, -0.1) is 6.58 Å². The van der Waals surface area contributed by atoms with Gasteiger partial charge < -0.3 is 10.2 Å². The molecule has 0 aromatic heterocycles. The number of carbonyl (C=O) groups is 2. The van der Waals surface area contributed by atoms with Gasteiger partial charge in [-0.1, -0.05) is 6.08 Å². The zero-order valence-corrected chi connectivity index (χ0v) is 10.5. The number of nitrogens with zero attached hydrogens (tertiary/aromatic N) is 1. The maximum absolute atomic E-state index is 12.5. The van der Waals surface area contributed by atoms with Crippen molar-refractivity contribution in [2.75, 3.05) is 6.54 Å². The number of carbonyl (C=O) groups excluding carboxylic acids is 2. The molecule has 2 atom stereocenters. The molecule has 1 N–H and O–H groups in total. The Bertz CT molecular complexity index is 362. The van der Waals surface area contributed by atoms with Crippen LogP contribution in [0.5, 0.6) is 0 Å². The van der Waals surface area contributed by atoms with Crippen LogP contribution in [0.4, 0.5) is 0 Å². The number of amides is 2. The fourth-order valence-corrected chi connectivity index (χ4v) is 2.49. The first-order valence-electron chi connectivity index (χ1n) is 6.24. The van der Waals surface area contributed by atoms with E-state index in [0.29, 0.717) is 12.5 Å². The van der Waals surface area contributed by atoms with Crippen molar-refractivity contribution in [3.8, 4) is 0 Å². The minimum Gasteiger partial charge on any atom is -0.340 e. The molecule has 1 aliphatic heterocycles. The summed E-state index contributed by atoms with van der Waals surface area (Å²) >= 11 is 0. The van der Waals surface area contributed by atoms with E-state index >= 15 is 0 Å². The second-order valence-corrected chi connectivity index (χ2v) is 5.22. The van der Waals surface area contributed by atoms with Crippen LogP contribution in [0.2, 0.25) is 0 Å². The summed E-state index contributed by atoms with van der Waals surface area (Å²) in [4.78, 5) is 26.1. The SMILES string of the molecule is C=CCCN1C(=O)C(C)(C2CC2)NC(=O)C1C. The van der Waals surface area contributed by atoms with E-state index in [1.807, 2.05) is 6.92 Å². The third kappa shape index (κ3) is 1.96. The number of hydrogen-bond acceptors (Lipinski definition) is 2. The summed E-state index contributed by atoms with van der Waals surface area (Å²) in [5.74, 6) is 0.342. The lowest BCUT2D eigenvalue weighted by Gasteiger charge is -2.43. The molecule has 0 bridgehead atoms. The molecule has 0 spiro atoms. The van der Waals surface area contributed by atoms with Crippen molar-refractivity contribution < 1.29 is 9.59 Å². The van der Waals surface area contributed by atoms with Gasteiger partial charge in [-0.05, 0) is 39.0 Å². The van der Waals surface area contributed by atoms with Crippen molar-refractivity contribution in [1.29, 1.82) is 0 Å². The standard InChI is InChI=1S/C13H20N2O2/c1-4-5-8-15-9(2)11(16)14-13(3,12(15)17)10-6-7-10/h4,9-10H,1,5-8H2,2-3H3,(H,14,16). The monoisotopic (exact) mass is 236 g/mol. The molecule has 1 saturated carbocycles. The first kappa shape index (κ1) is 12.1. The van der Waals surface area contributed by atoms with Gasteiger partial charge in [0.1, 0.15) is 11.6 Å². The topological polar surface area (TPSA) is 49.4 Å². The van der Waals surface area contributed by atoms with E-state index in [1.54, 1.807) is 17.9 Å². The lowest BCUT2D eigenvalue weighted by atomic mass is 9.89. The van der Waals surface area contributed by atoms with Gasteiger partial charge in [0, 0.05) is 6.54 Å². The Morgan fingerprint density at radius 2 is 2.18 bits per heavy atom. The molecule has 0 radical (unpaired) electrons. The number of nitrogens with one attached hydrogen (secondary N) is 1. The normalized spacial score (nSPS) is 33.5. The Morgan fingerprint density at radius 1 is 1.53 bits per heavy atom. The molecule has 2 rings (SSSR count). The fraction of sp³-hybridized carbons (Fsp3) is 0.692. The molecule has 0 aromatic carbocycles. The highest BCUT2D eigenvalue weighted by molar-refractivity contribution is 5.99. The van der Waals surface area contributed by atoms with Crippen LogP contribution >= 0.6 is 0 Å². The average molecular weight is 236 g/mol. The summed E-state index contributed by atoms with van der Waals surface area (Å²) in [5, 5.41) is 2.90. The number of rotatable bonds is 4. The second kappa shape index (κ2) is 4.17. The van der Waals surface area contributed by atoms with Crippen molar-refractivity contribution in [3.05, 3.63) is 12.7 Å². The Morgan fingerprint density at radius 3 is 2.71 bits per heavy atom.